The fourth-order valence-corrected chi connectivity index (χ4v) is 2.33. The van der Waals surface area contributed by atoms with Gasteiger partial charge in [-0.05, 0) is 43.3 Å². The van der Waals surface area contributed by atoms with Crippen molar-refractivity contribution in [3.63, 3.8) is 0 Å². The summed E-state index contributed by atoms with van der Waals surface area (Å²) in [5.41, 5.74) is 0.323. The van der Waals surface area contributed by atoms with E-state index < -0.39 is 16.8 Å². The third kappa shape index (κ3) is 5.16. The van der Waals surface area contributed by atoms with Crippen LogP contribution >= 0.6 is 11.6 Å². The number of nitrogens with zero attached hydrogens (tertiary/aromatic N) is 2. The number of hydrogen-bond acceptors (Lipinski definition) is 6. The molecule has 2 aromatic carbocycles. The van der Waals surface area contributed by atoms with Crippen molar-refractivity contribution < 1.29 is 19.2 Å². The van der Waals surface area contributed by atoms with Crippen LogP contribution in [0.1, 0.15) is 22.8 Å². The minimum absolute atomic E-state index is 0.157. The summed E-state index contributed by atoms with van der Waals surface area (Å²) in [5.74, 6) is -1.22. The van der Waals surface area contributed by atoms with E-state index in [1.165, 1.54) is 42.5 Å². The lowest BCUT2D eigenvalue weighted by Gasteiger charge is -2.06. The van der Waals surface area contributed by atoms with E-state index in [1.54, 1.807) is 13.0 Å². The van der Waals surface area contributed by atoms with Crippen molar-refractivity contribution in [2.45, 2.75) is 6.92 Å². The summed E-state index contributed by atoms with van der Waals surface area (Å²) in [4.78, 5) is 34.2. The van der Waals surface area contributed by atoms with Crippen molar-refractivity contribution in [2.24, 2.45) is 0 Å². The summed E-state index contributed by atoms with van der Waals surface area (Å²) in [6.07, 6.45) is 1.16. The van der Waals surface area contributed by atoms with E-state index >= 15 is 0 Å². The molecule has 0 saturated heterocycles. The maximum Gasteiger partial charge on any atom is 0.338 e. The highest BCUT2D eigenvalue weighted by Crippen LogP contribution is 2.24. The molecule has 0 bridgehead atoms. The van der Waals surface area contributed by atoms with Crippen LogP contribution in [0.2, 0.25) is 5.02 Å². The summed E-state index contributed by atoms with van der Waals surface area (Å²) in [5, 5.41) is 22.8. The van der Waals surface area contributed by atoms with Crippen molar-refractivity contribution in [3.8, 4) is 6.07 Å². The van der Waals surface area contributed by atoms with Gasteiger partial charge in [0.25, 0.3) is 11.6 Å². The van der Waals surface area contributed by atoms with E-state index in [-0.39, 0.29) is 28.5 Å². The minimum Gasteiger partial charge on any atom is -0.462 e. The van der Waals surface area contributed by atoms with Crippen LogP contribution in [0.5, 0.6) is 0 Å². The van der Waals surface area contributed by atoms with Crippen LogP contribution in [0.4, 0.5) is 11.4 Å². The smallest absolute Gasteiger partial charge is 0.338 e. The number of nitro groups is 1. The van der Waals surface area contributed by atoms with Crippen LogP contribution in [-0.2, 0) is 9.53 Å². The number of benzene rings is 2. The summed E-state index contributed by atoms with van der Waals surface area (Å²) in [6, 6.07) is 11.4. The first-order valence-corrected chi connectivity index (χ1v) is 8.37. The van der Waals surface area contributed by atoms with Crippen LogP contribution in [0, 0.1) is 21.4 Å². The van der Waals surface area contributed by atoms with Crippen LogP contribution < -0.4 is 5.32 Å². The molecule has 0 fully saturated rings. The van der Waals surface area contributed by atoms with E-state index in [0.717, 1.165) is 6.08 Å². The number of nitrogens with one attached hydrogen (secondary N) is 1. The molecule has 8 nitrogen and oxygen atoms in total. The zero-order valence-electron chi connectivity index (χ0n) is 14.6. The van der Waals surface area contributed by atoms with Gasteiger partial charge < -0.3 is 10.1 Å². The highest BCUT2D eigenvalue weighted by molar-refractivity contribution is 6.32. The van der Waals surface area contributed by atoms with Gasteiger partial charge >= 0.3 is 5.97 Å². The van der Waals surface area contributed by atoms with E-state index in [0.29, 0.717) is 11.3 Å². The fourth-order valence-electron chi connectivity index (χ4n) is 2.16. The molecule has 2 aromatic rings. The van der Waals surface area contributed by atoms with E-state index in [9.17, 15) is 25.0 Å². The predicted octanol–water partition coefficient (Wildman–Crippen LogP) is 3.97. The summed E-state index contributed by atoms with van der Waals surface area (Å²) in [6.45, 7) is 1.93. The normalized spacial score (nSPS) is 10.7. The molecule has 0 unspecified atom stereocenters. The monoisotopic (exact) mass is 399 g/mol. The number of carbonyl (C=O) groups is 2. The number of carbonyl (C=O) groups excluding carboxylic acids is 2. The molecule has 0 aliphatic carbocycles. The number of amides is 1. The van der Waals surface area contributed by atoms with E-state index in [1.807, 2.05) is 0 Å². The van der Waals surface area contributed by atoms with Gasteiger partial charge in [-0.3, -0.25) is 14.9 Å². The number of nitro benzene ring substituents is 1. The van der Waals surface area contributed by atoms with Gasteiger partial charge in [-0.2, -0.15) is 5.26 Å². The van der Waals surface area contributed by atoms with Gasteiger partial charge in [0.05, 0.1) is 17.1 Å². The van der Waals surface area contributed by atoms with Crippen molar-refractivity contribution >= 4 is 40.9 Å². The first kappa shape index (κ1) is 20.6. The Morgan fingerprint density at radius 3 is 2.54 bits per heavy atom. The third-order valence-corrected chi connectivity index (χ3v) is 3.85. The van der Waals surface area contributed by atoms with Crippen molar-refractivity contribution in [1.29, 1.82) is 5.26 Å². The molecule has 0 atom stereocenters. The molecule has 0 spiro atoms. The fraction of sp³-hybridized carbons (Fsp3) is 0.105. The lowest BCUT2D eigenvalue weighted by molar-refractivity contribution is -0.384. The number of ether oxygens (including phenoxy) is 1. The average Bonchev–Trinajstić information content (AvgIpc) is 2.67. The average molecular weight is 400 g/mol. The molecule has 1 amide bonds. The first-order chi connectivity index (χ1) is 13.3. The molecular formula is C19H14ClN3O5. The molecule has 28 heavy (non-hydrogen) atoms. The van der Waals surface area contributed by atoms with Gasteiger partial charge in [-0.15, -0.1) is 0 Å². The standard InChI is InChI=1S/C19H14ClN3O5/c1-2-28-19(25)12-3-5-15(6-4-12)22-18(24)14(11-21)9-13-10-16(23(26)27)7-8-17(13)20/h3-10H,2H2,1H3,(H,22,24)/b14-9+. The Bertz CT molecular complexity index is 994. The van der Waals surface area contributed by atoms with Gasteiger partial charge in [-0.1, -0.05) is 11.6 Å². The molecule has 0 aliphatic heterocycles. The number of nitriles is 1. The van der Waals surface area contributed by atoms with Gasteiger partial charge in [0.1, 0.15) is 11.6 Å². The second-order valence-electron chi connectivity index (χ2n) is 5.38. The van der Waals surface area contributed by atoms with E-state index in [4.69, 9.17) is 16.3 Å². The molecule has 0 heterocycles. The van der Waals surface area contributed by atoms with Crippen LogP contribution in [0.3, 0.4) is 0 Å². The first-order valence-electron chi connectivity index (χ1n) is 8.00. The lowest BCUT2D eigenvalue weighted by Crippen LogP contribution is -2.13. The Labute approximate surface area is 165 Å². The molecule has 0 aromatic heterocycles. The minimum atomic E-state index is -0.728. The molecule has 2 rings (SSSR count). The van der Waals surface area contributed by atoms with Crippen LogP contribution in [0.15, 0.2) is 48.0 Å². The maximum absolute atomic E-state index is 12.3. The Kier molecular flexibility index (Phi) is 6.84. The summed E-state index contributed by atoms with van der Waals surface area (Å²) < 4.78 is 4.87. The largest absolute Gasteiger partial charge is 0.462 e. The zero-order valence-corrected chi connectivity index (χ0v) is 15.4. The molecule has 9 heteroatoms. The third-order valence-electron chi connectivity index (χ3n) is 3.51. The Hall–Kier alpha value is -3.70. The van der Waals surface area contributed by atoms with Crippen LogP contribution in [-0.4, -0.2) is 23.4 Å². The number of halogens is 1. The van der Waals surface area contributed by atoms with Gasteiger partial charge in [0.15, 0.2) is 0 Å². The second-order valence-corrected chi connectivity index (χ2v) is 5.79. The lowest BCUT2D eigenvalue weighted by atomic mass is 10.1. The predicted molar refractivity (Wildman–Crippen MR) is 103 cm³/mol. The molecule has 0 radical (unpaired) electrons. The molecule has 142 valence electrons. The highest BCUT2D eigenvalue weighted by Gasteiger charge is 2.14. The SMILES string of the molecule is CCOC(=O)c1ccc(NC(=O)/C(C#N)=C/c2cc([N+](=O)[O-])ccc2Cl)cc1. The van der Waals surface area contributed by atoms with Crippen molar-refractivity contribution in [1.82, 2.24) is 0 Å². The Morgan fingerprint density at radius 2 is 1.96 bits per heavy atom. The summed E-state index contributed by atoms with van der Waals surface area (Å²) >= 11 is 5.99. The Balaban J connectivity index is 2.21. The Morgan fingerprint density at radius 1 is 1.29 bits per heavy atom. The number of esters is 1. The topological polar surface area (TPSA) is 122 Å². The van der Waals surface area contributed by atoms with Gasteiger partial charge in [-0.25, -0.2) is 4.79 Å². The molecule has 1 N–H and O–H groups in total. The van der Waals surface area contributed by atoms with Gasteiger partial charge in [0.2, 0.25) is 0 Å². The van der Waals surface area contributed by atoms with Crippen molar-refractivity contribution in [3.05, 3.63) is 74.3 Å². The molecular weight excluding hydrogens is 386 g/mol. The molecule has 0 aliphatic rings. The van der Waals surface area contributed by atoms with Crippen LogP contribution in [0.25, 0.3) is 6.08 Å². The maximum atomic E-state index is 12.3. The summed E-state index contributed by atoms with van der Waals surface area (Å²) in [7, 11) is 0. The number of rotatable bonds is 6. The quantitative estimate of drug-likeness (QED) is 0.258. The van der Waals surface area contributed by atoms with E-state index in [2.05, 4.69) is 5.32 Å². The second kappa shape index (κ2) is 9.30. The molecule has 0 saturated carbocycles. The zero-order chi connectivity index (χ0) is 20.7. The number of hydrogen-bond donors (Lipinski definition) is 1. The van der Waals surface area contributed by atoms with Gasteiger partial charge in [0, 0.05) is 28.4 Å². The number of anilines is 1. The number of non-ortho nitro benzene ring substituents is 1. The highest BCUT2D eigenvalue weighted by atomic mass is 35.5. The van der Waals surface area contributed by atoms with Crippen molar-refractivity contribution in [2.75, 3.05) is 11.9 Å².